The quantitative estimate of drug-likeness (QED) is 0.857. The van der Waals surface area contributed by atoms with Crippen LogP contribution in [-0.4, -0.2) is 30.6 Å². The Morgan fingerprint density at radius 3 is 2.82 bits per heavy atom. The Balaban J connectivity index is 1.62. The molecule has 1 amide bonds. The Morgan fingerprint density at radius 1 is 1.45 bits per heavy atom. The van der Waals surface area contributed by atoms with Gasteiger partial charge in [0.2, 0.25) is 0 Å². The molecular weight excluding hydrogens is 298 g/mol. The van der Waals surface area contributed by atoms with Gasteiger partial charge in [0.25, 0.3) is 5.91 Å². The summed E-state index contributed by atoms with van der Waals surface area (Å²) in [4.78, 5) is 17.0. The molecule has 0 radical (unpaired) electrons. The molecule has 22 heavy (non-hydrogen) atoms. The van der Waals surface area contributed by atoms with Crippen molar-refractivity contribution in [2.75, 3.05) is 13.7 Å². The second-order valence-electron chi connectivity index (χ2n) is 5.47. The first kappa shape index (κ1) is 15.0. The molecule has 0 aliphatic heterocycles. The molecule has 1 saturated carbocycles. The third-order valence-corrected chi connectivity index (χ3v) is 4.84. The number of nitrogens with one attached hydrogen (secondary N) is 1. The summed E-state index contributed by atoms with van der Waals surface area (Å²) < 4.78 is 5.13. The summed E-state index contributed by atoms with van der Waals surface area (Å²) in [6.45, 7) is 0.527. The second kappa shape index (κ2) is 6.46. The van der Waals surface area contributed by atoms with Crippen LogP contribution < -0.4 is 15.8 Å². The number of amides is 1. The highest BCUT2D eigenvalue weighted by Gasteiger charge is 2.28. The zero-order valence-corrected chi connectivity index (χ0v) is 13.2. The maximum atomic E-state index is 12.1. The van der Waals surface area contributed by atoms with E-state index in [1.807, 2.05) is 24.3 Å². The van der Waals surface area contributed by atoms with Crippen molar-refractivity contribution in [3.05, 3.63) is 35.3 Å². The van der Waals surface area contributed by atoms with Crippen LogP contribution in [0.4, 0.5) is 0 Å². The number of benzene rings is 1. The van der Waals surface area contributed by atoms with Crippen molar-refractivity contribution in [1.82, 2.24) is 10.3 Å². The molecule has 3 rings (SSSR count). The van der Waals surface area contributed by atoms with Gasteiger partial charge < -0.3 is 15.8 Å². The van der Waals surface area contributed by atoms with E-state index >= 15 is 0 Å². The fraction of sp³-hybridized carbons (Fsp3) is 0.375. The molecule has 0 saturated heterocycles. The van der Waals surface area contributed by atoms with Gasteiger partial charge >= 0.3 is 0 Å². The first-order chi connectivity index (χ1) is 10.7. The normalized spacial score (nSPS) is 15.4. The fourth-order valence-corrected chi connectivity index (χ4v) is 3.07. The molecule has 0 bridgehead atoms. The summed E-state index contributed by atoms with van der Waals surface area (Å²) in [6, 6.07) is 7.69. The molecule has 2 aromatic rings. The third kappa shape index (κ3) is 3.45. The van der Waals surface area contributed by atoms with Gasteiger partial charge in [-0.3, -0.25) is 4.79 Å². The van der Waals surface area contributed by atoms with Crippen molar-refractivity contribution in [3.63, 3.8) is 0 Å². The third-order valence-electron chi connectivity index (χ3n) is 3.79. The lowest BCUT2D eigenvalue weighted by Gasteiger charge is -2.10. The Kier molecular flexibility index (Phi) is 4.40. The lowest BCUT2D eigenvalue weighted by molar-refractivity contribution is 0.0954. The molecule has 1 aromatic heterocycles. The van der Waals surface area contributed by atoms with Crippen LogP contribution >= 0.6 is 11.3 Å². The van der Waals surface area contributed by atoms with E-state index in [0.717, 1.165) is 16.3 Å². The van der Waals surface area contributed by atoms with E-state index in [1.165, 1.54) is 24.2 Å². The van der Waals surface area contributed by atoms with Gasteiger partial charge in [-0.1, -0.05) is 0 Å². The minimum atomic E-state index is -0.103. The summed E-state index contributed by atoms with van der Waals surface area (Å²) in [5.41, 5.74) is 6.96. The van der Waals surface area contributed by atoms with Crippen molar-refractivity contribution < 1.29 is 9.53 Å². The van der Waals surface area contributed by atoms with Gasteiger partial charge in [0.05, 0.1) is 13.3 Å². The lowest BCUT2D eigenvalue weighted by atomic mass is 10.2. The highest BCUT2D eigenvalue weighted by atomic mass is 32.1. The zero-order chi connectivity index (χ0) is 15.5. The van der Waals surface area contributed by atoms with Crippen molar-refractivity contribution in [3.8, 4) is 16.3 Å². The molecule has 6 heteroatoms. The number of hydrogen-bond donors (Lipinski definition) is 2. The zero-order valence-electron chi connectivity index (χ0n) is 12.4. The minimum absolute atomic E-state index is 0.0675. The number of carbonyl (C=O) groups is 1. The molecule has 5 nitrogen and oxygen atoms in total. The maximum absolute atomic E-state index is 12.1. The van der Waals surface area contributed by atoms with Crippen LogP contribution in [0.3, 0.4) is 0 Å². The fourth-order valence-electron chi connectivity index (χ4n) is 2.23. The van der Waals surface area contributed by atoms with Gasteiger partial charge in [-0.15, -0.1) is 11.3 Å². The van der Waals surface area contributed by atoms with Crippen LogP contribution in [0, 0.1) is 5.92 Å². The van der Waals surface area contributed by atoms with Gasteiger partial charge in [0.15, 0.2) is 0 Å². The SMILES string of the molecule is COc1ccc(-c2ncc(C(=O)NCC(N)C3CC3)s2)cc1. The number of rotatable bonds is 6. The Bertz CT molecular complexity index is 650. The van der Waals surface area contributed by atoms with Crippen molar-refractivity contribution in [1.29, 1.82) is 0 Å². The molecule has 1 aliphatic rings. The van der Waals surface area contributed by atoms with E-state index in [0.29, 0.717) is 17.3 Å². The summed E-state index contributed by atoms with van der Waals surface area (Å²) in [7, 11) is 1.63. The lowest BCUT2D eigenvalue weighted by Crippen LogP contribution is -2.38. The van der Waals surface area contributed by atoms with Crippen LogP contribution in [0.25, 0.3) is 10.6 Å². The maximum Gasteiger partial charge on any atom is 0.263 e. The number of thiazole rings is 1. The highest BCUT2D eigenvalue weighted by Crippen LogP contribution is 2.31. The molecule has 1 unspecified atom stereocenters. The molecule has 1 atom stereocenters. The topological polar surface area (TPSA) is 77.2 Å². The number of carbonyl (C=O) groups excluding carboxylic acids is 1. The Hall–Kier alpha value is -1.92. The minimum Gasteiger partial charge on any atom is -0.497 e. The summed E-state index contributed by atoms with van der Waals surface area (Å²) in [5.74, 6) is 1.28. The van der Waals surface area contributed by atoms with Gasteiger partial charge in [0, 0.05) is 18.2 Å². The average molecular weight is 317 g/mol. The number of hydrogen-bond acceptors (Lipinski definition) is 5. The first-order valence-corrected chi connectivity index (χ1v) is 8.13. The average Bonchev–Trinajstić information content (AvgIpc) is 3.29. The van der Waals surface area contributed by atoms with E-state index in [4.69, 9.17) is 10.5 Å². The van der Waals surface area contributed by atoms with Gasteiger partial charge in [-0.25, -0.2) is 4.98 Å². The van der Waals surface area contributed by atoms with Crippen molar-refractivity contribution in [2.24, 2.45) is 11.7 Å². The van der Waals surface area contributed by atoms with Crippen LogP contribution in [-0.2, 0) is 0 Å². The highest BCUT2D eigenvalue weighted by molar-refractivity contribution is 7.16. The number of methoxy groups -OCH3 is 1. The monoisotopic (exact) mass is 317 g/mol. The molecule has 116 valence electrons. The van der Waals surface area contributed by atoms with Crippen LogP contribution in [0.2, 0.25) is 0 Å². The van der Waals surface area contributed by atoms with Gasteiger partial charge in [0.1, 0.15) is 15.6 Å². The van der Waals surface area contributed by atoms with E-state index < -0.39 is 0 Å². The summed E-state index contributed by atoms with van der Waals surface area (Å²) in [6.07, 6.45) is 3.97. The molecule has 3 N–H and O–H groups in total. The first-order valence-electron chi connectivity index (χ1n) is 7.31. The summed E-state index contributed by atoms with van der Waals surface area (Å²) >= 11 is 1.38. The molecule has 0 spiro atoms. The van der Waals surface area contributed by atoms with Crippen molar-refractivity contribution in [2.45, 2.75) is 18.9 Å². The Labute approximate surface area is 133 Å². The number of ether oxygens (including phenoxy) is 1. The Morgan fingerprint density at radius 2 is 2.18 bits per heavy atom. The second-order valence-corrected chi connectivity index (χ2v) is 6.50. The van der Waals surface area contributed by atoms with Crippen LogP contribution in [0.5, 0.6) is 5.75 Å². The van der Waals surface area contributed by atoms with Crippen molar-refractivity contribution >= 4 is 17.2 Å². The number of nitrogens with two attached hydrogens (primary N) is 1. The van der Waals surface area contributed by atoms with E-state index in [1.54, 1.807) is 13.3 Å². The smallest absolute Gasteiger partial charge is 0.263 e. The van der Waals surface area contributed by atoms with E-state index in [2.05, 4.69) is 10.3 Å². The number of aromatic nitrogens is 1. The number of nitrogens with zero attached hydrogens (tertiary/aromatic N) is 1. The van der Waals surface area contributed by atoms with Gasteiger partial charge in [-0.2, -0.15) is 0 Å². The van der Waals surface area contributed by atoms with Crippen LogP contribution in [0.1, 0.15) is 22.5 Å². The standard InChI is InChI=1S/C16H19N3O2S/c1-21-12-6-4-11(5-7-12)16-19-9-14(22-16)15(20)18-8-13(17)10-2-3-10/h4-7,9-10,13H,2-3,8,17H2,1H3,(H,18,20). The predicted molar refractivity (Wildman–Crippen MR) is 87.1 cm³/mol. The van der Waals surface area contributed by atoms with E-state index in [9.17, 15) is 4.79 Å². The molecule has 1 aliphatic carbocycles. The largest absolute Gasteiger partial charge is 0.497 e. The summed E-state index contributed by atoms with van der Waals surface area (Å²) in [5, 5.41) is 3.71. The molecule has 1 heterocycles. The van der Waals surface area contributed by atoms with Gasteiger partial charge in [-0.05, 0) is 43.0 Å². The van der Waals surface area contributed by atoms with Crippen LogP contribution in [0.15, 0.2) is 30.5 Å². The molecule has 1 fully saturated rings. The molecule has 1 aromatic carbocycles. The predicted octanol–water partition coefficient (Wildman–Crippen LogP) is 2.29. The van der Waals surface area contributed by atoms with E-state index in [-0.39, 0.29) is 11.9 Å². The molecular formula is C16H19N3O2S.